The molecule has 3 rings (SSSR count). The van der Waals surface area contributed by atoms with E-state index in [4.69, 9.17) is 15.5 Å². The minimum Gasteiger partial charge on any atom is -0.376 e. The van der Waals surface area contributed by atoms with Gasteiger partial charge in [-0.3, -0.25) is 4.40 Å². The van der Waals surface area contributed by atoms with Crippen molar-refractivity contribution >= 4 is 22.1 Å². The normalized spacial score (nSPS) is 19.5. The number of hydrogen-bond acceptors (Lipinski definition) is 5. The molecule has 5 nitrogen and oxygen atoms in total. The summed E-state index contributed by atoms with van der Waals surface area (Å²) in [5, 5.41) is 2.08. The molecule has 116 valence electrons. The molecule has 1 atom stereocenters. The fourth-order valence-corrected chi connectivity index (χ4v) is 3.72. The smallest absolute Gasteiger partial charge is 0.195 e. The molecular weight excluding hydrogens is 284 g/mol. The van der Waals surface area contributed by atoms with Crippen molar-refractivity contribution in [3.05, 3.63) is 17.3 Å². The van der Waals surface area contributed by atoms with Crippen molar-refractivity contribution in [3.63, 3.8) is 0 Å². The van der Waals surface area contributed by atoms with Crippen molar-refractivity contribution in [2.45, 2.75) is 38.7 Å². The first-order valence-corrected chi connectivity index (χ1v) is 8.72. The summed E-state index contributed by atoms with van der Waals surface area (Å²) in [5.74, 6) is 1.11. The molecule has 1 aliphatic rings. The van der Waals surface area contributed by atoms with E-state index >= 15 is 0 Å². The van der Waals surface area contributed by atoms with Crippen molar-refractivity contribution < 1.29 is 4.74 Å². The number of anilines is 1. The molecule has 2 aromatic heterocycles. The number of imidazole rings is 1. The van der Waals surface area contributed by atoms with Crippen LogP contribution in [0.4, 0.5) is 5.82 Å². The Balaban J connectivity index is 1.81. The van der Waals surface area contributed by atoms with Gasteiger partial charge in [-0.15, -0.1) is 11.3 Å². The van der Waals surface area contributed by atoms with Gasteiger partial charge < -0.3 is 15.4 Å². The first kappa shape index (κ1) is 14.8. The zero-order valence-electron chi connectivity index (χ0n) is 12.6. The second kappa shape index (κ2) is 6.77. The average Bonchev–Trinajstić information content (AvgIpc) is 3.08. The van der Waals surface area contributed by atoms with Gasteiger partial charge in [0.25, 0.3) is 0 Å². The average molecular weight is 308 g/mol. The van der Waals surface area contributed by atoms with Crippen molar-refractivity contribution in [1.29, 1.82) is 0 Å². The summed E-state index contributed by atoms with van der Waals surface area (Å²) < 4.78 is 8.12. The summed E-state index contributed by atoms with van der Waals surface area (Å²) in [6.07, 6.45) is 6.70. The van der Waals surface area contributed by atoms with E-state index in [1.54, 1.807) is 11.3 Å². The summed E-state index contributed by atoms with van der Waals surface area (Å²) >= 11 is 1.68. The van der Waals surface area contributed by atoms with E-state index in [2.05, 4.69) is 27.8 Å². The summed E-state index contributed by atoms with van der Waals surface area (Å²) in [4.78, 5) is 8.27. The van der Waals surface area contributed by atoms with Gasteiger partial charge in [-0.25, -0.2) is 4.98 Å². The molecule has 1 aliphatic heterocycles. The van der Waals surface area contributed by atoms with Crippen molar-refractivity contribution in [2.24, 2.45) is 5.73 Å². The van der Waals surface area contributed by atoms with Gasteiger partial charge in [0.2, 0.25) is 0 Å². The molecule has 0 bridgehead atoms. The molecular formula is C15H24N4OS. The van der Waals surface area contributed by atoms with Crippen molar-refractivity contribution in [1.82, 2.24) is 9.38 Å². The SMILES string of the molecule is CCCOC1CCCN(c2nc3sccn3c2CCN)C1. The molecule has 0 aromatic carbocycles. The van der Waals surface area contributed by atoms with Crippen LogP contribution in [0.2, 0.25) is 0 Å². The number of aromatic nitrogens is 2. The highest BCUT2D eigenvalue weighted by Crippen LogP contribution is 2.28. The number of hydrogen-bond donors (Lipinski definition) is 1. The number of nitrogens with zero attached hydrogens (tertiary/aromatic N) is 3. The maximum absolute atomic E-state index is 5.94. The summed E-state index contributed by atoms with van der Waals surface area (Å²) in [6.45, 7) is 5.67. The Morgan fingerprint density at radius 2 is 2.43 bits per heavy atom. The van der Waals surface area contributed by atoms with E-state index < -0.39 is 0 Å². The molecule has 0 spiro atoms. The first-order chi connectivity index (χ1) is 10.3. The Hall–Kier alpha value is -1.11. The van der Waals surface area contributed by atoms with Crippen LogP contribution in [0, 0.1) is 0 Å². The topological polar surface area (TPSA) is 55.8 Å². The number of piperidine rings is 1. The Morgan fingerprint density at radius 1 is 1.52 bits per heavy atom. The van der Waals surface area contributed by atoms with Crippen LogP contribution in [0.1, 0.15) is 31.9 Å². The van der Waals surface area contributed by atoms with Gasteiger partial charge in [0, 0.05) is 37.7 Å². The lowest BCUT2D eigenvalue weighted by Gasteiger charge is -2.33. The molecule has 0 amide bonds. The standard InChI is InChI=1S/C15H24N4OS/c1-2-9-20-12-4-3-7-18(11-12)14-13(5-6-16)19-8-10-21-15(19)17-14/h8,10,12H,2-7,9,11,16H2,1H3. The predicted octanol–water partition coefficient (Wildman–Crippen LogP) is 2.29. The fourth-order valence-electron chi connectivity index (χ4n) is 2.99. The number of thiazole rings is 1. The van der Waals surface area contributed by atoms with Crippen LogP contribution < -0.4 is 10.6 Å². The molecule has 0 radical (unpaired) electrons. The van der Waals surface area contributed by atoms with E-state index in [1.807, 2.05) is 0 Å². The third kappa shape index (κ3) is 3.07. The van der Waals surface area contributed by atoms with Gasteiger partial charge in [-0.2, -0.15) is 0 Å². The lowest BCUT2D eigenvalue weighted by Crippen LogP contribution is -2.40. The van der Waals surface area contributed by atoms with Crippen molar-refractivity contribution in [2.75, 3.05) is 31.1 Å². The number of nitrogens with two attached hydrogens (primary N) is 1. The Kier molecular flexibility index (Phi) is 4.77. The highest BCUT2D eigenvalue weighted by atomic mass is 32.1. The van der Waals surface area contributed by atoms with Crippen LogP contribution in [-0.4, -0.2) is 41.7 Å². The largest absolute Gasteiger partial charge is 0.376 e. The number of rotatable bonds is 6. The van der Waals surface area contributed by atoms with Gasteiger partial charge in [0.1, 0.15) is 0 Å². The van der Waals surface area contributed by atoms with Crippen LogP contribution in [0.15, 0.2) is 11.6 Å². The molecule has 3 heterocycles. The molecule has 2 N–H and O–H groups in total. The quantitative estimate of drug-likeness (QED) is 0.889. The predicted molar refractivity (Wildman–Crippen MR) is 87.3 cm³/mol. The van der Waals surface area contributed by atoms with E-state index in [9.17, 15) is 0 Å². The Bertz CT molecular complexity index is 579. The van der Waals surface area contributed by atoms with Crippen LogP contribution in [0.5, 0.6) is 0 Å². The molecule has 1 fully saturated rings. The van der Waals surface area contributed by atoms with Gasteiger partial charge in [-0.05, 0) is 25.8 Å². The van der Waals surface area contributed by atoms with E-state index in [-0.39, 0.29) is 0 Å². The maximum Gasteiger partial charge on any atom is 0.195 e. The van der Waals surface area contributed by atoms with Gasteiger partial charge in [-0.1, -0.05) is 6.92 Å². The van der Waals surface area contributed by atoms with E-state index in [1.165, 1.54) is 12.1 Å². The van der Waals surface area contributed by atoms with Gasteiger partial charge in [0.05, 0.1) is 11.8 Å². The summed E-state index contributed by atoms with van der Waals surface area (Å²) in [7, 11) is 0. The summed E-state index contributed by atoms with van der Waals surface area (Å²) in [5.41, 5.74) is 7.03. The maximum atomic E-state index is 5.94. The molecule has 1 unspecified atom stereocenters. The van der Waals surface area contributed by atoms with E-state index in [0.29, 0.717) is 12.6 Å². The second-order valence-electron chi connectivity index (χ2n) is 5.56. The first-order valence-electron chi connectivity index (χ1n) is 7.84. The lowest BCUT2D eigenvalue weighted by atomic mass is 10.1. The van der Waals surface area contributed by atoms with E-state index in [0.717, 1.165) is 49.7 Å². The Labute approximate surface area is 129 Å². The molecule has 0 saturated carbocycles. The summed E-state index contributed by atoms with van der Waals surface area (Å²) in [6, 6.07) is 0. The van der Waals surface area contributed by atoms with Crippen molar-refractivity contribution in [3.8, 4) is 0 Å². The van der Waals surface area contributed by atoms with Crippen LogP contribution in [-0.2, 0) is 11.2 Å². The zero-order chi connectivity index (χ0) is 14.7. The minimum absolute atomic E-state index is 0.337. The van der Waals surface area contributed by atoms with Gasteiger partial charge in [0.15, 0.2) is 10.8 Å². The molecule has 1 saturated heterocycles. The highest BCUT2D eigenvalue weighted by molar-refractivity contribution is 7.15. The number of ether oxygens (including phenoxy) is 1. The highest BCUT2D eigenvalue weighted by Gasteiger charge is 2.25. The third-order valence-electron chi connectivity index (χ3n) is 3.96. The molecule has 6 heteroatoms. The van der Waals surface area contributed by atoms with Crippen LogP contribution in [0.3, 0.4) is 0 Å². The van der Waals surface area contributed by atoms with Crippen LogP contribution >= 0.6 is 11.3 Å². The Morgan fingerprint density at radius 3 is 3.24 bits per heavy atom. The second-order valence-corrected chi connectivity index (χ2v) is 6.43. The van der Waals surface area contributed by atoms with Gasteiger partial charge >= 0.3 is 0 Å². The number of fused-ring (bicyclic) bond motifs is 1. The monoisotopic (exact) mass is 308 g/mol. The molecule has 2 aromatic rings. The lowest BCUT2D eigenvalue weighted by molar-refractivity contribution is 0.0439. The molecule has 0 aliphatic carbocycles. The molecule has 21 heavy (non-hydrogen) atoms. The zero-order valence-corrected chi connectivity index (χ0v) is 13.4. The van der Waals surface area contributed by atoms with Crippen LogP contribution in [0.25, 0.3) is 4.96 Å². The minimum atomic E-state index is 0.337. The third-order valence-corrected chi connectivity index (χ3v) is 4.71. The fraction of sp³-hybridized carbons (Fsp3) is 0.667.